The Labute approximate surface area is 117 Å². The van der Waals surface area contributed by atoms with Crippen LogP contribution in [0.2, 0.25) is 0 Å². The molecule has 2 aromatic carbocycles. The number of hydrogen-bond acceptors (Lipinski definition) is 3. The molecule has 0 atom stereocenters. The molecule has 0 fully saturated rings. The molecule has 0 saturated heterocycles. The maximum atomic E-state index is 12.2. The van der Waals surface area contributed by atoms with E-state index in [2.05, 4.69) is 5.32 Å². The molecule has 20 heavy (non-hydrogen) atoms. The van der Waals surface area contributed by atoms with Crippen LogP contribution in [-0.2, 0) is 0 Å². The fraction of sp³-hybridized carbons (Fsp3) is 0.125. The maximum absolute atomic E-state index is 12.2. The van der Waals surface area contributed by atoms with Gasteiger partial charge in [-0.25, -0.2) is 0 Å². The Kier molecular flexibility index (Phi) is 3.84. The van der Waals surface area contributed by atoms with E-state index in [4.69, 9.17) is 0 Å². The molecule has 0 spiro atoms. The quantitative estimate of drug-likeness (QED) is 0.841. The van der Waals surface area contributed by atoms with Gasteiger partial charge in [0.05, 0.1) is 5.69 Å². The number of amides is 1. The molecular weight excluding hydrogens is 254 g/mol. The number of nitrogens with one attached hydrogen (secondary N) is 1. The lowest BCUT2D eigenvalue weighted by Crippen LogP contribution is -2.15. The summed E-state index contributed by atoms with van der Waals surface area (Å²) in [5.74, 6) is -0.303. The van der Waals surface area contributed by atoms with Crippen LogP contribution in [0.4, 0.5) is 5.69 Å². The van der Waals surface area contributed by atoms with Crippen molar-refractivity contribution < 1.29 is 14.7 Å². The Morgan fingerprint density at radius 1 is 1.05 bits per heavy atom. The number of phenolic OH excluding ortho intramolecular Hbond substituents is 1. The lowest BCUT2D eigenvalue weighted by molar-refractivity contribution is 0.101. The molecule has 0 unspecified atom stereocenters. The van der Waals surface area contributed by atoms with E-state index in [-0.39, 0.29) is 17.4 Å². The molecule has 2 N–H and O–H groups in total. The molecule has 4 heteroatoms. The zero-order chi connectivity index (χ0) is 14.7. The molecule has 1 amide bonds. The number of benzene rings is 2. The van der Waals surface area contributed by atoms with Crippen molar-refractivity contribution in [1.29, 1.82) is 0 Å². The highest BCUT2D eigenvalue weighted by molar-refractivity contribution is 6.09. The summed E-state index contributed by atoms with van der Waals surface area (Å²) in [6.07, 6.45) is 0. The van der Waals surface area contributed by atoms with Crippen molar-refractivity contribution in [1.82, 2.24) is 0 Å². The van der Waals surface area contributed by atoms with Crippen molar-refractivity contribution in [2.75, 3.05) is 5.32 Å². The number of carbonyl (C=O) groups excluding carboxylic acids is 2. The van der Waals surface area contributed by atoms with Crippen molar-refractivity contribution in [3.63, 3.8) is 0 Å². The average Bonchev–Trinajstić information content (AvgIpc) is 2.38. The number of phenols is 1. The molecule has 2 aromatic rings. The molecule has 4 nitrogen and oxygen atoms in total. The van der Waals surface area contributed by atoms with Gasteiger partial charge in [-0.05, 0) is 49.7 Å². The summed E-state index contributed by atoms with van der Waals surface area (Å²) in [6.45, 7) is 3.20. The number of para-hydroxylation sites is 1. The second-order valence-corrected chi connectivity index (χ2v) is 4.56. The minimum atomic E-state index is -0.309. The first kappa shape index (κ1) is 13.8. The molecule has 0 bridgehead atoms. The molecule has 0 radical (unpaired) electrons. The molecule has 0 saturated carbocycles. The van der Waals surface area contributed by atoms with Gasteiger partial charge in [0.25, 0.3) is 5.91 Å². The number of carbonyl (C=O) groups is 2. The second kappa shape index (κ2) is 5.57. The van der Waals surface area contributed by atoms with E-state index >= 15 is 0 Å². The highest BCUT2D eigenvalue weighted by atomic mass is 16.3. The summed E-state index contributed by atoms with van der Waals surface area (Å²) in [6, 6.07) is 11.4. The van der Waals surface area contributed by atoms with Crippen molar-refractivity contribution in [3.8, 4) is 5.75 Å². The zero-order valence-electron chi connectivity index (χ0n) is 11.3. The SMILES string of the molecule is CC(=O)c1ccccc1NC(=O)c1ccc(O)cc1C. The van der Waals surface area contributed by atoms with E-state index in [1.807, 2.05) is 0 Å². The van der Waals surface area contributed by atoms with Gasteiger partial charge in [-0.15, -0.1) is 0 Å². The smallest absolute Gasteiger partial charge is 0.255 e. The van der Waals surface area contributed by atoms with Crippen molar-refractivity contribution in [2.24, 2.45) is 0 Å². The Morgan fingerprint density at radius 2 is 1.75 bits per heavy atom. The van der Waals surface area contributed by atoms with Gasteiger partial charge in [-0.3, -0.25) is 9.59 Å². The van der Waals surface area contributed by atoms with Crippen LogP contribution in [0.25, 0.3) is 0 Å². The number of Topliss-reactive ketones (excluding diaryl/α,β-unsaturated/α-hetero) is 1. The first-order chi connectivity index (χ1) is 9.49. The normalized spacial score (nSPS) is 10.1. The van der Waals surface area contributed by atoms with Crippen LogP contribution in [0.3, 0.4) is 0 Å². The van der Waals surface area contributed by atoms with Crippen molar-refractivity contribution in [2.45, 2.75) is 13.8 Å². The Hall–Kier alpha value is -2.62. The number of aromatic hydroxyl groups is 1. The van der Waals surface area contributed by atoms with Gasteiger partial charge in [-0.2, -0.15) is 0 Å². The van der Waals surface area contributed by atoms with Crippen molar-refractivity contribution in [3.05, 3.63) is 59.2 Å². The lowest BCUT2D eigenvalue weighted by atomic mass is 10.1. The zero-order valence-corrected chi connectivity index (χ0v) is 11.3. The van der Waals surface area contributed by atoms with Crippen LogP contribution in [-0.4, -0.2) is 16.8 Å². The molecule has 0 aliphatic heterocycles. The number of hydrogen-bond donors (Lipinski definition) is 2. The van der Waals surface area contributed by atoms with Gasteiger partial charge >= 0.3 is 0 Å². The van der Waals surface area contributed by atoms with Crippen LogP contribution < -0.4 is 5.32 Å². The molecule has 0 aliphatic rings. The molecule has 102 valence electrons. The van der Waals surface area contributed by atoms with Crippen LogP contribution >= 0.6 is 0 Å². The van der Waals surface area contributed by atoms with Crippen LogP contribution in [0.1, 0.15) is 33.2 Å². The summed E-state index contributed by atoms with van der Waals surface area (Å²) < 4.78 is 0. The van der Waals surface area contributed by atoms with Crippen LogP contribution in [0.5, 0.6) is 5.75 Å². The van der Waals surface area contributed by atoms with Gasteiger partial charge in [0, 0.05) is 11.1 Å². The van der Waals surface area contributed by atoms with Gasteiger partial charge in [-0.1, -0.05) is 12.1 Å². The van der Waals surface area contributed by atoms with Gasteiger partial charge in [0.1, 0.15) is 5.75 Å². The Balaban J connectivity index is 2.30. The van der Waals surface area contributed by atoms with Crippen LogP contribution in [0, 0.1) is 6.92 Å². The molecule has 2 rings (SSSR count). The fourth-order valence-electron chi connectivity index (χ4n) is 1.99. The lowest BCUT2D eigenvalue weighted by Gasteiger charge is -2.10. The average molecular weight is 269 g/mol. The maximum Gasteiger partial charge on any atom is 0.255 e. The van der Waals surface area contributed by atoms with Gasteiger partial charge in [0.15, 0.2) is 5.78 Å². The summed E-state index contributed by atoms with van der Waals surface area (Å²) >= 11 is 0. The first-order valence-electron chi connectivity index (χ1n) is 6.20. The molecular formula is C16H15NO3. The van der Waals surface area contributed by atoms with E-state index in [0.717, 1.165) is 0 Å². The second-order valence-electron chi connectivity index (χ2n) is 4.56. The minimum absolute atomic E-state index is 0.108. The number of rotatable bonds is 3. The predicted octanol–water partition coefficient (Wildman–Crippen LogP) is 3.16. The topological polar surface area (TPSA) is 66.4 Å². The third kappa shape index (κ3) is 2.85. The van der Waals surface area contributed by atoms with E-state index in [0.29, 0.717) is 22.4 Å². The third-order valence-electron chi connectivity index (χ3n) is 3.01. The summed E-state index contributed by atoms with van der Waals surface area (Å²) in [7, 11) is 0. The van der Waals surface area contributed by atoms with Crippen LogP contribution in [0.15, 0.2) is 42.5 Å². The number of ketones is 1. The van der Waals surface area contributed by atoms with E-state index in [1.165, 1.54) is 19.1 Å². The Morgan fingerprint density at radius 3 is 2.40 bits per heavy atom. The first-order valence-corrected chi connectivity index (χ1v) is 6.20. The summed E-state index contributed by atoms with van der Waals surface area (Å²) in [4.78, 5) is 23.7. The molecule has 0 aliphatic carbocycles. The van der Waals surface area contributed by atoms with Gasteiger partial charge in [0.2, 0.25) is 0 Å². The van der Waals surface area contributed by atoms with Gasteiger partial charge < -0.3 is 10.4 Å². The van der Waals surface area contributed by atoms with E-state index in [1.54, 1.807) is 37.3 Å². The molecule has 0 heterocycles. The number of aryl methyl sites for hydroxylation is 1. The van der Waals surface area contributed by atoms with Crippen molar-refractivity contribution >= 4 is 17.4 Å². The predicted molar refractivity (Wildman–Crippen MR) is 77.2 cm³/mol. The highest BCUT2D eigenvalue weighted by Crippen LogP contribution is 2.20. The highest BCUT2D eigenvalue weighted by Gasteiger charge is 2.13. The largest absolute Gasteiger partial charge is 0.508 e. The summed E-state index contributed by atoms with van der Waals surface area (Å²) in [5.41, 5.74) is 2.08. The third-order valence-corrected chi connectivity index (χ3v) is 3.01. The molecule has 0 aromatic heterocycles. The number of anilines is 1. The van der Waals surface area contributed by atoms with E-state index in [9.17, 15) is 14.7 Å². The van der Waals surface area contributed by atoms with E-state index < -0.39 is 0 Å². The fourth-order valence-corrected chi connectivity index (χ4v) is 1.99. The minimum Gasteiger partial charge on any atom is -0.508 e. The standard InChI is InChI=1S/C16H15NO3/c1-10-9-12(19)7-8-13(10)16(20)17-15-6-4-3-5-14(15)11(2)18/h3-9,19H,1-2H3,(H,17,20). The monoisotopic (exact) mass is 269 g/mol. The Bertz CT molecular complexity index is 677. The summed E-state index contributed by atoms with van der Waals surface area (Å²) in [5, 5.41) is 12.1.